The number of halogens is 2. The number of rotatable bonds is 4. The van der Waals surface area contributed by atoms with Gasteiger partial charge in [-0.15, -0.1) is 0 Å². The summed E-state index contributed by atoms with van der Waals surface area (Å²) < 4.78 is 26.3. The Morgan fingerprint density at radius 1 is 0.762 bits per heavy atom. The van der Waals surface area contributed by atoms with Crippen molar-refractivity contribution >= 4 is 0 Å². The molecule has 21 heavy (non-hydrogen) atoms. The molecule has 0 bridgehead atoms. The highest BCUT2D eigenvalue weighted by molar-refractivity contribution is 5.31. The van der Waals surface area contributed by atoms with Crippen LogP contribution in [0.5, 0.6) is 0 Å². The van der Waals surface area contributed by atoms with E-state index in [-0.39, 0.29) is 12.1 Å². The maximum atomic E-state index is 13.3. The lowest BCUT2D eigenvalue weighted by Crippen LogP contribution is -2.22. The van der Waals surface area contributed by atoms with E-state index in [9.17, 15) is 8.78 Å². The minimum absolute atomic E-state index is 0.0593. The topological polar surface area (TPSA) is 12.0 Å². The van der Waals surface area contributed by atoms with Gasteiger partial charge in [0.25, 0.3) is 0 Å². The molecule has 0 aliphatic carbocycles. The smallest absolute Gasteiger partial charge is 0.159 e. The van der Waals surface area contributed by atoms with E-state index in [0.29, 0.717) is 0 Å². The van der Waals surface area contributed by atoms with Crippen molar-refractivity contribution in [2.45, 2.75) is 39.8 Å². The molecule has 0 fully saturated rings. The summed E-state index contributed by atoms with van der Waals surface area (Å²) in [5, 5.41) is 3.42. The molecule has 1 N–H and O–H groups in total. The SMILES string of the molecule is Cc1cc(C)cc(C(C)NC(C)c2ccc(F)c(F)c2)c1. The molecule has 2 atom stereocenters. The largest absolute Gasteiger partial charge is 0.304 e. The van der Waals surface area contributed by atoms with Crippen LogP contribution < -0.4 is 5.32 Å². The standard InChI is InChI=1S/C18H21F2N/c1-11-7-12(2)9-16(8-11)14(4)21-13(3)15-5-6-17(19)18(20)10-15/h5-10,13-14,21H,1-4H3. The van der Waals surface area contributed by atoms with Crippen LogP contribution in [-0.4, -0.2) is 0 Å². The van der Waals surface area contributed by atoms with Crippen LogP contribution in [0.3, 0.4) is 0 Å². The Morgan fingerprint density at radius 3 is 1.90 bits per heavy atom. The fraction of sp³-hybridized carbons (Fsp3) is 0.333. The average molecular weight is 289 g/mol. The van der Waals surface area contributed by atoms with E-state index in [4.69, 9.17) is 0 Å². The first kappa shape index (κ1) is 15.6. The van der Waals surface area contributed by atoms with Crippen LogP contribution in [-0.2, 0) is 0 Å². The van der Waals surface area contributed by atoms with Gasteiger partial charge in [-0.25, -0.2) is 8.78 Å². The Hall–Kier alpha value is -1.74. The Kier molecular flexibility index (Phi) is 4.73. The lowest BCUT2D eigenvalue weighted by atomic mass is 10.0. The summed E-state index contributed by atoms with van der Waals surface area (Å²) in [6, 6.07) is 10.5. The summed E-state index contributed by atoms with van der Waals surface area (Å²) in [7, 11) is 0. The second kappa shape index (κ2) is 6.35. The zero-order valence-corrected chi connectivity index (χ0v) is 12.9. The summed E-state index contributed by atoms with van der Waals surface area (Å²) in [6.45, 7) is 8.17. The predicted octanol–water partition coefficient (Wildman–Crippen LogP) is 4.99. The van der Waals surface area contributed by atoms with Gasteiger partial charge in [-0.05, 0) is 51.0 Å². The molecule has 2 aromatic carbocycles. The van der Waals surface area contributed by atoms with Gasteiger partial charge >= 0.3 is 0 Å². The first-order chi connectivity index (χ1) is 9.86. The maximum absolute atomic E-state index is 13.3. The van der Waals surface area contributed by atoms with Crippen molar-refractivity contribution in [2.75, 3.05) is 0 Å². The van der Waals surface area contributed by atoms with E-state index in [1.54, 1.807) is 6.07 Å². The van der Waals surface area contributed by atoms with Gasteiger partial charge in [0.2, 0.25) is 0 Å². The number of nitrogens with one attached hydrogen (secondary N) is 1. The van der Waals surface area contributed by atoms with Crippen molar-refractivity contribution < 1.29 is 8.78 Å². The van der Waals surface area contributed by atoms with Gasteiger partial charge in [0.15, 0.2) is 11.6 Å². The molecular weight excluding hydrogens is 268 g/mol. The molecule has 112 valence electrons. The second-order valence-electron chi connectivity index (χ2n) is 5.70. The summed E-state index contributed by atoms with van der Waals surface area (Å²) in [6.07, 6.45) is 0. The summed E-state index contributed by atoms with van der Waals surface area (Å²) in [5.41, 5.74) is 4.38. The minimum atomic E-state index is -0.812. The number of benzene rings is 2. The molecule has 1 nitrogen and oxygen atoms in total. The third kappa shape index (κ3) is 3.88. The Labute approximate surface area is 125 Å². The fourth-order valence-electron chi connectivity index (χ4n) is 2.61. The van der Waals surface area contributed by atoms with Gasteiger partial charge in [0.05, 0.1) is 0 Å². The summed E-state index contributed by atoms with van der Waals surface area (Å²) in [4.78, 5) is 0. The molecule has 0 amide bonds. The van der Waals surface area contributed by atoms with Crippen molar-refractivity contribution in [3.8, 4) is 0 Å². The molecule has 0 aromatic heterocycles. The van der Waals surface area contributed by atoms with Gasteiger partial charge in [-0.1, -0.05) is 35.4 Å². The van der Waals surface area contributed by atoms with Gasteiger partial charge in [-0.3, -0.25) is 0 Å². The lowest BCUT2D eigenvalue weighted by molar-refractivity contribution is 0.480. The zero-order valence-electron chi connectivity index (χ0n) is 12.9. The van der Waals surface area contributed by atoms with Crippen molar-refractivity contribution in [3.05, 3.63) is 70.3 Å². The molecule has 0 aliphatic rings. The highest BCUT2D eigenvalue weighted by Crippen LogP contribution is 2.22. The van der Waals surface area contributed by atoms with Crippen molar-refractivity contribution in [1.82, 2.24) is 5.32 Å². The molecule has 3 heteroatoms. The normalized spacial score (nSPS) is 14.0. The van der Waals surface area contributed by atoms with E-state index >= 15 is 0 Å². The van der Waals surface area contributed by atoms with Crippen LogP contribution >= 0.6 is 0 Å². The predicted molar refractivity (Wildman–Crippen MR) is 82.2 cm³/mol. The molecule has 0 radical (unpaired) electrons. The van der Waals surface area contributed by atoms with Crippen molar-refractivity contribution in [2.24, 2.45) is 0 Å². The van der Waals surface area contributed by atoms with Crippen LogP contribution in [0.2, 0.25) is 0 Å². The highest BCUT2D eigenvalue weighted by atomic mass is 19.2. The Morgan fingerprint density at radius 2 is 1.33 bits per heavy atom. The Balaban J connectivity index is 2.14. The van der Waals surface area contributed by atoms with E-state index in [2.05, 4.69) is 44.3 Å². The molecule has 0 saturated carbocycles. The lowest BCUT2D eigenvalue weighted by Gasteiger charge is -2.21. The number of hydrogen-bond acceptors (Lipinski definition) is 1. The van der Waals surface area contributed by atoms with Gasteiger partial charge in [0.1, 0.15) is 0 Å². The molecule has 0 spiro atoms. The quantitative estimate of drug-likeness (QED) is 0.835. The van der Waals surface area contributed by atoms with Crippen LogP contribution in [0.4, 0.5) is 8.78 Å². The number of aryl methyl sites for hydroxylation is 2. The fourth-order valence-corrected chi connectivity index (χ4v) is 2.61. The average Bonchev–Trinajstić information content (AvgIpc) is 2.40. The third-order valence-corrected chi connectivity index (χ3v) is 3.69. The van der Waals surface area contributed by atoms with Gasteiger partial charge in [-0.2, -0.15) is 0 Å². The molecule has 0 saturated heterocycles. The van der Waals surface area contributed by atoms with Crippen molar-refractivity contribution in [1.29, 1.82) is 0 Å². The molecule has 0 aliphatic heterocycles. The maximum Gasteiger partial charge on any atom is 0.159 e. The molecule has 2 rings (SSSR count). The summed E-state index contributed by atoms with van der Waals surface area (Å²) in [5.74, 6) is -1.62. The van der Waals surface area contributed by atoms with Crippen LogP contribution in [0, 0.1) is 25.5 Å². The van der Waals surface area contributed by atoms with Gasteiger partial charge < -0.3 is 5.32 Å². The first-order valence-electron chi connectivity index (χ1n) is 7.16. The monoisotopic (exact) mass is 289 g/mol. The van der Waals surface area contributed by atoms with Crippen LogP contribution in [0.1, 0.15) is 48.2 Å². The molecule has 0 heterocycles. The highest BCUT2D eigenvalue weighted by Gasteiger charge is 2.13. The van der Waals surface area contributed by atoms with Crippen LogP contribution in [0.15, 0.2) is 36.4 Å². The van der Waals surface area contributed by atoms with E-state index in [0.717, 1.165) is 5.56 Å². The molecule has 2 aromatic rings. The third-order valence-electron chi connectivity index (χ3n) is 3.69. The first-order valence-corrected chi connectivity index (χ1v) is 7.16. The van der Waals surface area contributed by atoms with E-state index < -0.39 is 11.6 Å². The minimum Gasteiger partial charge on any atom is -0.304 e. The zero-order chi connectivity index (χ0) is 15.6. The molecular formula is C18H21F2N. The van der Waals surface area contributed by atoms with Gasteiger partial charge in [0, 0.05) is 12.1 Å². The molecule has 2 unspecified atom stereocenters. The summed E-state index contributed by atoms with van der Waals surface area (Å²) >= 11 is 0. The van der Waals surface area contributed by atoms with Crippen molar-refractivity contribution in [3.63, 3.8) is 0 Å². The van der Waals surface area contributed by atoms with Crippen LogP contribution in [0.25, 0.3) is 0 Å². The second-order valence-corrected chi connectivity index (χ2v) is 5.70. The Bertz CT molecular complexity index is 617. The number of hydrogen-bond donors (Lipinski definition) is 1. The van der Waals surface area contributed by atoms with E-state index in [1.807, 2.05) is 6.92 Å². The van der Waals surface area contributed by atoms with E-state index in [1.165, 1.54) is 28.8 Å².